The molecule has 0 fully saturated rings. The lowest BCUT2D eigenvalue weighted by Crippen LogP contribution is -2.17. The molecule has 0 radical (unpaired) electrons. The molecule has 3 aromatic carbocycles. The Hall–Kier alpha value is -4.54. The van der Waals surface area contributed by atoms with Gasteiger partial charge in [0.2, 0.25) is 0 Å². The first-order chi connectivity index (χ1) is 17.3. The fraction of sp³-hybridized carbons (Fsp3) is 0.107. The predicted octanol–water partition coefficient (Wildman–Crippen LogP) is 6.71. The van der Waals surface area contributed by atoms with E-state index in [0.29, 0.717) is 38.9 Å². The molecule has 0 spiro atoms. The average Bonchev–Trinajstić information content (AvgIpc) is 3.23. The Kier molecular flexibility index (Phi) is 7.38. The molecule has 1 heterocycles. The van der Waals surface area contributed by atoms with Gasteiger partial charge in [0, 0.05) is 27.3 Å². The summed E-state index contributed by atoms with van der Waals surface area (Å²) in [6.07, 6.45) is -1.22. The van der Waals surface area contributed by atoms with E-state index in [1.165, 1.54) is 12.1 Å². The summed E-state index contributed by atoms with van der Waals surface area (Å²) in [4.78, 5) is 23.5. The van der Waals surface area contributed by atoms with Crippen LogP contribution in [0.2, 0.25) is 5.02 Å². The van der Waals surface area contributed by atoms with Gasteiger partial charge < -0.3 is 14.4 Å². The highest BCUT2D eigenvalue weighted by Gasteiger charge is 2.20. The van der Waals surface area contributed by atoms with Crippen molar-refractivity contribution < 1.29 is 24.0 Å². The quantitative estimate of drug-likeness (QED) is 0.295. The number of hydrogen-bond donors (Lipinski definition) is 2. The average molecular weight is 501 g/mol. The zero-order chi connectivity index (χ0) is 25.7. The SMILES string of the molecule is Cc1noc(-c2ccc(C#Cc3ccc(C(=O)O)cc3)cc2)c1NC(=O)OC(C)c1ccccc1Cl. The normalized spacial score (nSPS) is 11.2. The van der Waals surface area contributed by atoms with Crippen molar-refractivity contribution in [2.75, 3.05) is 5.32 Å². The van der Waals surface area contributed by atoms with E-state index >= 15 is 0 Å². The number of carbonyl (C=O) groups excluding carboxylic acids is 1. The van der Waals surface area contributed by atoms with E-state index in [0.717, 1.165) is 5.56 Å². The van der Waals surface area contributed by atoms with Gasteiger partial charge in [0.15, 0.2) is 5.76 Å². The maximum atomic E-state index is 12.6. The van der Waals surface area contributed by atoms with Crippen LogP contribution in [0.15, 0.2) is 77.3 Å². The minimum Gasteiger partial charge on any atom is -0.478 e. The molecule has 8 heteroatoms. The molecule has 180 valence electrons. The molecule has 0 aliphatic heterocycles. The van der Waals surface area contributed by atoms with E-state index < -0.39 is 18.2 Å². The summed E-state index contributed by atoms with van der Waals surface area (Å²) in [5.74, 6) is 5.45. The molecule has 0 saturated carbocycles. The van der Waals surface area contributed by atoms with Crippen LogP contribution in [0, 0.1) is 18.8 Å². The zero-order valence-corrected chi connectivity index (χ0v) is 20.2. The third kappa shape index (κ3) is 5.74. The van der Waals surface area contributed by atoms with Crippen LogP contribution in [0.25, 0.3) is 11.3 Å². The fourth-order valence-electron chi connectivity index (χ4n) is 3.42. The van der Waals surface area contributed by atoms with Crippen molar-refractivity contribution in [3.63, 3.8) is 0 Å². The molecule has 2 N–H and O–H groups in total. The molecule has 4 rings (SSSR count). The number of carboxylic acids is 1. The van der Waals surface area contributed by atoms with Gasteiger partial charge in [0.25, 0.3) is 0 Å². The van der Waals surface area contributed by atoms with Crippen LogP contribution in [0.5, 0.6) is 0 Å². The second-order valence-electron chi connectivity index (χ2n) is 7.88. The van der Waals surface area contributed by atoms with Gasteiger partial charge in [0.1, 0.15) is 17.5 Å². The molecule has 0 saturated heterocycles. The van der Waals surface area contributed by atoms with Crippen LogP contribution in [-0.2, 0) is 4.74 Å². The summed E-state index contributed by atoms with van der Waals surface area (Å²) in [6, 6.07) is 20.7. The minimum absolute atomic E-state index is 0.207. The van der Waals surface area contributed by atoms with E-state index in [-0.39, 0.29) is 5.56 Å². The number of amides is 1. The first-order valence-corrected chi connectivity index (χ1v) is 11.3. The molecule has 7 nitrogen and oxygen atoms in total. The highest BCUT2D eigenvalue weighted by molar-refractivity contribution is 6.31. The number of benzene rings is 3. The number of carbonyl (C=O) groups is 2. The van der Waals surface area contributed by atoms with E-state index in [4.69, 9.17) is 26.0 Å². The van der Waals surface area contributed by atoms with Crippen molar-refractivity contribution in [2.45, 2.75) is 20.0 Å². The number of rotatable bonds is 5. The number of aromatic carboxylic acids is 1. The number of nitrogens with zero attached hydrogens (tertiary/aromatic N) is 1. The number of aryl methyl sites for hydroxylation is 1. The molecule has 1 unspecified atom stereocenters. The van der Waals surface area contributed by atoms with E-state index in [2.05, 4.69) is 22.3 Å². The number of hydrogen-bond acceptors (Lipinski definition) is 5. The number of nitrogens with one attached hydrogen (secondary N) is 1. The number of aromatic nitrogens is 1. The Morgan fingerprint density at radius 2 is 1.61 bits per heavy atom. The lowest BCUT2D eigenvalue weighted by Gasteiger charge is -2.15. The van der Waals surface area contributed by atoms with Gasteiger partial charge in [-0.15, -0.1) is 0 Å². The van der Waals surface area contributed by atoms with E-state index in [9.17, 15) is 9.59 Å². The molecule has 0 aliphatic rings. The van der Waals surface area contributed by atoms with Gasteiger partial charge in [0.05, 0.1) is 5.56 Å². The number of halogens is 1. The van der Waals surface area contributed by atoms with E-state index in [1.54, 1.807) is 56.3 Å². The van der Waals surface area contributed by atoms with Crippen molar-refractivity contribution >= 4 is 29.4 Å². The lowest BCUT2D eigenvalue weighted by molar-refractivity contribution is 0.0696. The molecule has 36 heavy (non-hydrogen) atoms. The fourth-order valence-corrected chi connectivity index (χ4v) is 3.71. The predicted molar refractivity (Wildman–Crippen MR) is 136 cm³/mol. The summed E-state index contributed by atoms with van der Waals surface area (Å²) in [7, 11) is 0. The van der Waals surface area contributed by atoms with Crippen LogP contribution in [-0.4, -0.2) is 22.3 Å². The van der Waals surface area contributed by atoms with Gasteiger partial charge in [-0.25, -0.2) is 9.59 Å². The van der Waals surface area contributed by atoms with Crippen LogP contribution < -0.4 is 5.32 Å². The van der Waals surface area contributed by atoms with Crippen molar-refractivity contribution in [3.05, 3.63) is 106 Å². The molecule has 0 bridgehead atoms. The van der Waals surface area contributed by atoms with Gasteiger partial charge in [-0.1, -0.05) is 46.8 Å². The van der Waals surface area contributed by atoms with Gasteiger partial charge in [-0.2, -0.15) is 0 Å². The maximum Gasteiger partial charge on any atom is 0.412 e. The first-order valence-electron chi connectivity index (χ1n) is 11.0. The van der Waals surface area contributed by atoms with Crippen molar-refractivity contribution in [2.24, 2.45) is 0 Å². The second-order valence-corrected chi connectivity index (χ2v) is 8.28. The molecular formula is C28H21ClN2O5. The monoisotopic (exact) mass is 500 g/mol. The number of anilines is 1. The largest absolute Gasteiger partial charge is 0.478 e. The molecule has 4 aromatic rings. The molecular weight excluding hydrogens is 480 g/mol. The summed E-state index contributed by atoms with van der Waals surface area (Å²) in [5.41, 5.74) is 3.96. The van der Waals surface area contributed by atoms with Gasteiger partial charge >= 0.3 is 12.1 Å². The standard InChI is InChI=1S/C28H21ClN2O5/c1-17-25(30-28(34)35-18(2)23-5-3-4-6-24(23)29)26(36-31-17)21-13-9-19(10-14-21)7-8-20-11-15-22(16-12-20)27(32)33/h3-6,9-16,18H,1-2H3,(H,30,34)(H,32,33). The first kappa shape index (κ1) is 24.6. The van der Waals surface area contributed by atoms with Crippen LogP contribution >= 0.6 is 11.6 Å². The van der Waals surface area contributed by atoms with Gasteiger partial charge in [-0.3, -0.25) is 5.32 Å². The Morgan fingerprint density at radius 1 is 1.00 bits per heavy atom. The molecule has 1 amide bonds. The third-order valence-corrected chi connectivity index (χ3v) is 5.69. The third-order valence-electron chi connectivity index (χ3n) is 5.35. The smallest absolute Gasteiger partial charge is 0.412 e. The number of ether oxygens (including phenoxy) is 1. The molecule has 1 aromatic heterocycles. The topological polar surface area (TPSA) is 102 Å². The van der Waals surface area contributed by atoms with Gasteiger partial charge in [-0.05, 0) is 68.4 Å². The minimum atomic E-state index is -0.982. The van der Waals surface area contributed by atoms with Crippen molar-refractivity contribution in [1.82, 2.24) is 5.16 Å². The van der Waals surface area contributed by atoms with Crippen LogP contribution in [0.4, 0.5) is 10.5 Å². The zero-order valence-electron chi connectivity index (χ0n) is 19.4. The van der Waals surface area contributed by atoms with Crippen molar-refractivity contribution in [3.8, 4) is 23.2 Å². The number of carboxylic acid groups (broad SMARTS) is 1. The summed E-state index contributed by atoms with van der Waals surface area (Å²) in [6.45, 7) is 3.46. The second kappa shape index (κ2) is 10.8. The van der Waals surface area contributed by atoms with Crippen LogP contribution in [0.1, 0.15) is 45.8 Å². The van der Waals surface area contributed by atoms with Crippen LogP contribution in [0.3, 0.4) is 0 Å². The Bertz CT molecular complexity index is 1460. The lowest BCUT2D eigenvalue weighted by atomic mass is 10.1. The van der Waals surface area contributed by atoms with E-state index in [1.807, 2.05) is 18.2 Å². The Balaban J connectivity index is 1.46. The summed E-state index contributed by atoms with van der Waals surface area (Å²) in [5, 5.41) is 16.2. The highest BCUT2D eigenvalue weighted by Crippen LogP contribution is 2.32. The van der Waals surface area contributed by atoms with Crippen molar-refractivity contribution in [1.29, 1.82) is 0 Å². The Labute approximate surface area is 212 Å². The maximum absolute atomic E-state index is 12.6. The summed E-state index contributed by atoms with van der Waals surface area (Å²) < 4.78 is 11.0. The summed E-state index contributed by atoms with van der Waals surface area (Å²) >= 11 is 6.20. The molecule has 0 aliphatic carbocycles. The molecule has 1 atom stereocenters. The Morgan fingerprint density at radius 3 is 2.22 bits per heavy atom. The highest BCUT2D eigenvalue weighted by atomic mass is 35.5.